The van der Waals surface area contributed by atoms with Crippen LogP contribution in [0.3, 0.4) is 0 Å². The molecule has 2 aliphatic heterocycles. The van der Waals surface area contributed by atoms with E-state index in [2.05, 4.69) is 33.0 Å². The number of hydrogen-bond acceptors (Lipinski definition) is 8. The maximum absolute atomic E-state index is 9.48. The van der Waals surface area contributed by atoms with Gasteiger partial charge in [-0.05, 0) is 61.6 Å². The van der Waals surface area contributed by atoms with Crippen molar-refractivity contribution in [3.8, 4) is 17.0 Å². The fourth-order valence-electron chi connectivity index (χ4n) is 4.92. The number of hydrogen-bond donors (Lipinski definition) is 1. The molecule has 184 valence electrons. The SMILES string of the molecule is Cc1cc(-c2cnc(N3CCC(CO)CC3)nc2OC2CN(c3ccc4ccccc4n3)C2)ccn1. The van der Waals surface area contributed by atoms with Crippen LogP contribution >= 0.6 is 0 Å². The highest BCUT2D eigenvalue weighted by atomic mass is 16.5. The van der Waals surface area contributed by atoms with Gasteiger partial charge in [0.25, 0.3) is 0 Å². The first-order valence-corrected chi connectivity index (χ1v) is 12.6. The van der Waals surface area contributed by atoms with Gasteiger partial charge in [0.05, 0.1) is 24.2 Å². The molecule has 0 amide bonds. The summed E-state index contributed by atoms with van der Waals surface area (Å²) in [5.74, 6) is 2.61. The summed E-state index contributed by atoms with van der Waals surface area (Å²) in [6.45, 7) is 5.40. The van der Waals surface area contributed by atoms with Gasteiger partial charge in [-0.2, -0.15) is 4.98 Å². The van der Waals surface area contributed by atoms with E-state index in [0.717, 1.165) is 72.6 Å². The number of piperidine rings is 1. The molecule has 6 rings (SSSR count). The van der Waals surface area contributed by atoms with Crippen LogP contribution < -0.4 is 14.5 Å². The molecular formula is C28H30N6O2. The molecule has 0 bridgehead atoms. The summed E-state index contributed by atoms with van der Waals surface area (Å²) in [7, 11) is 0. The maximum Gasteiger partial charge on any atom is 0.228 e. The number of aromatic nitrogens is 4. The molecule has 4 aromatic rings. The monoisotopic (exact) mass is 482 g/mol. The number of aryl methyl sites for hydroxylation is 1. The Morgan fingerprint density at radius 3 is 2.61 bits per heavy atom. The van der Waals surface area contributed by atoms with E-state index in [-0.39, 0.29) is 12.7 Å². The number of anilines is 2. The molecule has 8 heteroatoms. The maximum atomic E-state index is 9.48. The molecule has 36 heavy (non-hydrogen) atoms. The molecular weight excluding hydrogens is 452 g/mol. The predicted molar refractivity (Wildman–Crippen MR) is 140 cm³/mol. The number of aliphatic hydroxyl groups is 1. The molecule has 0 radical (unpaired) electrons. The van der Waals surface area contributed by atoms with Gasteiger partial charge in [0.1, 0.15) is 11.9 Å². The second-order valence-electron chi connectivity index (χ2n) is 9.69. The van der Waals surface area contributed by atoms with Crippen LogP contribution in [0.15, 0.2) is 60.9 Å². The van der Waals surface area contributed by atoms with Gasteiger partial charge in [-0.25, -0.2) is 9.97 Å². The third kappa shape index (κ3) is 4.56. The summed E-state index contributed by atoms with van der Waals surface area (Å²) >= 11 is 0. The van der Waals surface area contributed by atoms with Crippen molar-refractivity contribution in [3.05, 3.63) is 66.6 Å². The fourth-order valence-corrected chi connectivity index (χ4v) is 4.92. The normalized spacial score (nSPS) is 16.8. The van der Waals surface area contributed by atoms with E-state index < -0.39 is 0 Å². The lowest BCUT2D eigenvalue weighted by Crippen LogP contribution is -2.54. The summed E-state index contributed by atoms with van der Waals surface area (Å²) in [6, 6.07) is 16.4. The van der Waals surface area contributed by atoms with E-state index in [4.69, 9.17) is 19.7 Å². The molecule has 1 aromatic carbocycles. The van der Waals surface area contributed by atoms with Crippen molar-refractivity contribution in [2.24, 2.45) is 5.92 Å². The van der Waals surface area contributed by atoms with E-state index in [0.29, 0.717) is 17.7 Å². The van der Waals surface area contributed by atoms with E-state index in [1.54, 1.807) is 6.20 Å². The van der Waals surface area contributed by atoms with E-state index in [9.17, 15) is 5.11 Å². The zero-order valence-electron chi connectivity index (χ0n) is 20.4. The lowest BCUT2D eigenvalue weighted by Gasteiger charge is -2.40. The van der Waals surface area contributed by atoms with Crippen molar-refractivity contribution < 1.29 is 9.84 Å². The first-order chi connectivity index (χ1) is 17.7. The summed E-state index contributed by atoms with van der Waals surface area (Å²) in [6.07, 6.45) is 5.57. The summed E-state index contributed by atoms with van der Waals surface area (Å²) in [4.78, 5) is 23.1. The first-order valence-electron chi connectivity index (χ1n) is 12.6. The Balaban J connectivity index is 1.22. The molecule has 0 unspecified atom stereocenters. The standard InChI is InChI=1S/C28H30N6O2/c1-19-14-22(8-11-29-19)24-15-30-28(33-12-9-20(18-35)10-13-33)32-27(24)36-23-16-34(17-23)26-7-6-21-4-2-3-5-25(21)31-26/h2-8,11,14-15,20,23,35H,9-10,12-13,16-18H2,1H3. The Kier molecular flexibility index (Phi) is 6.11. The summed E-state index contributed by atoms with van der Waals surface area (Å²) < 4.78 is 6.48. The van der Waals surface area contributed by atoms with Gasteiger partial charge in [0.2, 0.25) is 11.8 Å². The highest BCUT2D eigenvalue weighted by Gasteiger charge is 2.31. The van der Waals surface area contributed by atoms with Crippen LogP contribution in [0.4, 0.5) is 11.8 Å². The van der Waals surface area contributed by atoms with Crippen LogP contribution in [0.2, 0.25) is 0 Å². The second-order valence-corrected chi connectivity index (χ2v) is 9.69. The average Bonchev–Trinajstić information content (AvgIpc) is 2.90. The molecule has 8 nitrogen and oxygen atoms in total. The van der Waals surface area contributed by atoms with Crippen molar-refractivity contribution in [2.75, 3.05) is 42.6 Å². The Hall–Kier alpha value is -3.78. The molecule has 0 spiro atoms. The van der Waals surface area contributed by atoms with E-state index >= 15 is 0 Å². The Bertz CT molecular complexity index is 1370. The molecule has 0 atom stereocenters. The lowest BCUT2D eigenvalue weighted by molar-refractivity contribution is 0.160. The Morgan fingerprint density at radius 2 is 1.81 bits per heavy atom. The fraction of sp³-hybridized carbons (Fsp3) is 0.357. The number of para-hydroxylation sites is 1. The van der Waals surface area contributed by atoms with Gasteiger partial charge < -0.3 is 19.6 Å². The quantitative estimate of drug-likeness (QED) is 0.443. The van der Waals surface area contributed by atoms with Crippen LogP contribution in [0.5, 0.6) is 5.88 Å². The number of fused-ring (bicyclic) bond motifs is 1. The Morgan fingerprint density at radius 1 is 0.972 bits per heavy atom. The van der Waals surface area contributed by atoms with Crippen molar-refractivity contribution in [2.45, 2.75) is 25.9 Å². The number of aliphatic hydroxyl groups excluding tert-OH is 1. The third-order valence-corrected chi connectivity index (χ3v) is 7.14. The second kappa shape index (κ2) is 9.70. The predicted octanol–water partition coefficient (Wildman–Crippen LogP) is 3.87. The smallest absolute Gasteiger partial charge is 0.228 e. The van der Waals surface area contributed by atoms with Gasteiger partial charge in [0.15, 0.2) is 0 Å². The van der Waals surface area contributed by atoms with E-state index in [1.165, 1.54) is 0 Å². The number of rotatable bonds is 6. The van der Waals surface area contributed by atoms with Gasteiger partial charge in [-0.3, -0.25) is 4.98 Å². The molecule has 0 aliphatic carbocycles. The number of benzene rings is 1. The van der Waals surface area contributed by atoms with Crippen LogP contribution in [-0.4, -0.2) is 63.9 Å². The average molecular weight is 483 g/mol. The highest BCUT2D eigenvalue weighted by Crippen LogP contribution is 2.33. The molecule has 2 aliphatic rings. The molecule has 0 saturated carbocycles. The van der Waals surface area contributed by atoms with Crippen LogP contribution in [-0.2, 0) is 0 Å². The zero-order chi connectivity index (χ0) is 24.5. The minimum Gasteiger partial charge on any atom is -0.470 e. The number of pyridine rings is 2. The van der Waals surface area contributed by atoms with Gasteiger partial charge in [-0.1, -0.05) is 18.2 Å². The largest absolute Gasteiger partial charge is 0.470 e. The lowest BCUT2D eigenvalue weighted by atomic mass is 9.98. The highest BCUT2D eigenvalue weighted by molar-refractivity contribution is 5.80. The van der Waals surface area contributed by atoms with Crippen molar-refractivity contribution in [3.63, 3.8) is 0 Å². The molecule has 5 heterocycles. The van der Waals surface area contributed by atoms with Gasteiger partial charge >= 0.3 is 0 Å². The van der Waals surface area contributed by atoms with Gasteiger partial charge in [0, 0.05) is 43.2 Å². The van der Waals surface area contributed by atoms with Crippen molar-refractivity contribution in [1.82, 2.24) is 19.9 Å². The Labute approximate surface area is 210 Å². The topological polar surface area (TPSA) is 87.5 Å². The van der Waals surface area contributed by atoms with Gasteiger partial charge in [-0.15, -0.1) is 0 Å². The molecule has 2 fully saturated rings. The van der Waals surface area contributed by atoms with E-state index in [1.807, 2.05) is 43.5 Å². The number of nitrogens with zero attached hydrogens (tertiary/aromatic N) is 6. The van der Waals surface area contributed by atoms with Crippen molar-refractivity contribution in [1.29, 1.82) is 0 Å². The molecule has 2 saturated heterocycles. The zero-order valence-corrected chi connectivity index (χ0v) is 20.4. The van der Waals surface area contributed by atoms with Crippen LogP contribution in [0.25, 0.3) is 22.0 Å². The van der Waals surface area contributed by atoms with Crippen LogP contribution in [0.1, 0.15) is 18.5 Å². The molecule has 1 N–H and O–H groups in total. The van der Waals surface area contributed by atoms with Crippen molar-refractivity contribution >= 4 is 22.7 Å². The number of ether oxygens (including phenoxy) is 1. The minimum atomic E-state index is 0.0165. The first kappa shape index (κ1) is 22.7. The van der Waals surface area contributed by atoms with Crippen LogP contribution in [0, 0.1) is 12.8 Å². The minimum absolute atomic E-state index is 0.0165. The molecule has 3 aromatic heterocycles. The summed E-state index contributed by atoms with van der Waals surface area (Å²) in [5, 5.41) is 10.6. The summed E-state index contributed by atoms with van der Waals surface area (Å²) in [5.41, 5.74) is 3.80. The third-order valence-electron chi connectivity index (χ3n) is 7.14.